The molecule has 0 amide bonds. The number of benzene rings is 2. The van der Waals surface area contributed by atoms with Gasteiger partial charge in [-0.2, -0.15) is 13.2 Å². The highest BCUT2D eigenvalue weighted by Crippen LogP contribution is 2.37. The molecule has 2 rings (SSSR count). The van der Waals surface area contributed by atoms with E-state index in [-0.39, 0.29) is 11.7 Å². The summed E-state index contributed by atoms with van der Waals surface area (Å²) >= 11 is 0. The standard InChI is InChI=1S/C19H22F3NO/c1-13-14(2)17(10-9-16(13)19(20,21)22)24-18(11-12-23-3)15-7-5-4-6-8-15/h4-10,18,23H,11-12H2,1-3H3. The van der Waals surface area contributed by atoms with Gasteiger partial charge >= 0.3 is 6.18 Å². The molecule has 0 aliphatic heterocycles. The van der Waals surface area contributed by atoms with Crippen LogP contribution in [0.3, 0.4) is 0 Å². The summed E-state index contributed by atoms with van der Waals surface area (Å²) in [7, 11) is 1.86. The van der Waals surface area contributed by atoms with Crippen LogP contribution in [0.25, 0.3) is 0 Å². The largest absolute Gasteiger partial charge is 0.485 e. The van der Waals surface area contributed by atoms with E-state index in [1.165, 1.54) is 13.0 Å². The van der Waals surface area contributed by atoms with Crippen LogP contribution >= 0.6 is 0 Å². The topological polar surface area (TPSA) is 21.3 Å². The Labute approximate surface area is 140 Å². The predicted octanol–water partition coefficient (Wildman–Crippen LogP) is 5.05. The SMILES string of the molecule is CNCCC(Oc1ccc(C(F)(F)F)c(C)c1C)c1ccccc1. The van der Waals surface area contributed by atoms with Crippen molar-refractivity contribution < 1.29 is 17.9 Å². The molecule has 0 heterocycles. The summed E-state index contributed by atoms with van der Waals surface area (Å²) in [6, 6.07) is 12.2. The van der Waals surface area contributed by atoms with E-state index in [0.29, 0.717) is 11.3 Å². The number of rotatable bonds is 6. The van der Waals surface area contributed by atoms with Gasteiger partial charge in [0.05, 0.1) is 5.56 Å². The second kappa shape index (κ2) is 7.71. The minimum absolute atomic E-state index is 0.209. The number of nitrogens with one attached hydrogen (secondary N) is 1. The number of alkyl halides is 3. The molecule has 24 heavy (non-hydrogen) atoms. The van der Waals surface area contributed by atoms with Gasteiger partial charge in [-0.25, -0.2) is 0 Å². The molecular weight excluding hydrogens is 315 g/mol. The van der Waals surface area contributed by atoms with E-state index in [1.807, 2.05) is 37.4 Å². The Bertz CT molecular complexity index is 668. The first-order chi connectivity index (χ1) is 11.3. The summed E-state index contributed by atoms with van der Waals surface area (Å²) in [5, 5.41) is 3.08. The molecule has 5 heteroatoms. The zero-order chi connectivity index (χ0) is 17.7. The van der Waals surface area contributed by atoms with Crippen molar-refractivity contribution in [2.45, 2.75) is 32.5 Å². The molecule has 2 nitrogen and oxygen atoms in total. The molecule has 0 saturated carbocycles. The quantitative estimate of drug-likeness (QED) is 0.796. The Balaban J connectivity index is 2.31. The Morgan fingerprint density at radius 3 is 2.25 bits per heavy atom. The van der Waals surface area contributed by atoms with Gasteiger partial charge in [-0.05, 0) is 56.3 Å². The van der Waals surface area contributed by atoms with Crippen LogP contribution in [-0.4, -0.2) is 13.6 Å². The number of halogens is 3. The number of hydrogen-bond acceptors (Lipinski definition) is 2. The van der Waals surface area contributed by atoms with Crippen molar-refractivity contribution in [1.82, 2.24) is 5.32 Å². The van der Waals surface area contributed by atoms with Crippen molar-refractivity contribution in [3.05, 3.63) is 64.7 Å². The third kappa shape index (κ3) is 4.29. The summed E-state index contributed by atoms with van der Waals surface area (Å²) in [6.07, 6.45) is -3.84. The maximum Gasteiger partial charge on any atom is 0.416 e. The molecule has 0 bridgehead atoms. The molecule has 0 aromatic heterocycles. The first-order valence-electron chi connectivity index (χ1n) is 7.88. The smallest absolute Gasteiger partial charge is 0.416 e. The van der Waals surface area contributed by atoms with Crippen molar-refractivity contribution in [3.63, 3.8) is 0 Å². The molecule has 1 N–H and O–H groups in total. The van der Waals surface area contributed by atoms with Crippen LogP contribution in [0.2, 0.25) is 0 Å². The fourth-order valence-corrected chi connectivity index (χ4v) is 2.62. The van der Waals surface area contributed by atoms with Crippen molar-refractivity contribution in [3.8, 4) is 5.75 Å². The molecule has 1 unspecified atom stereocenters. The Morgan fingerprint density at radius 1 is 1.00 bits per heavy atom. The monoisotopic (exact) mass is 337 g/mol. The Kier molecular flexibility index (Phi) is 5.89. The van der Waals surface area contributed by atoms with Crippen LogP contribution in [0.4, 0.5) is 13.2 Å². The van der Waals surface area contributed by atoms with Gasteiger partial charge in [0.25, 0.3) is 0 Å². The van der Waals surface area contributed by atoms with Gasteiger partial charge in [-0.3, -0.25) is 0 Å². The van der Waals surface area contributed by atoms with E-state index in [1.54, 1.807) is 6.92 Å². The fraction of sp³-hybridized carbons (Fsp3) is 0.368. The van der Waals surface area contributed by atoms with Gasteiger partial charge in [-0.1, -0.05) is 30.3 Å². The molecule has 2 aromatic rings. The van der Waals surface area contributed by atoms with E-state index in [9.17, 15) is 13.2 Å². The lowest BCUT2D eigenvalue weighted by atomic mass is 10.0. The van der Waals surface area contributed by atoms with Gasteiger partial charge in [0, 0.05) is 6.42 Å². The van der Waals surface area contributed by atoms with Crippen LogP contribution in [0.15, 0.2) is 42.5 Å². The Morgan fingerprint density at radius 2 is 1.67 bits per heavy atom. The highest BCUT2D eigenvalue weighted by atomic mass is 19.4. The summed E-state index contributed by atoms with van der Waals surface area (Å²) < 4.78 is 45.1. The summed E-state index contributed by atoms with van der Waals surface area (Å²) in [4.78, 5) is 0. The molecule has 0 aliphatic carbocycles. The molecule has 130 valence electrons. The van der Waals surface area contributed by atoms with Crippen LogP contribution in [-0.2, 0) is 6.18 Å². The van der Waals surface area contributed by atoms with Crippen LogP contribution < -0.4 is 10.1 Å². The van der Waals surface area contributed by atoms with Gasteiger partial charge in [-0.15, -0.1) is 0 Å². The van der Waals surface area contributed by atoms with Crippen LogP contribution in [0, 0.1) is 13.8 Å². The number of ether oxygens (including phenoxy) is 1. The summed E-state index contributed by atoms with van der Waals surface area (Å²) in [6.45, 7) is 3.90. The van der Waals surface area contributed by atoms with Gasteiger partial charge < -0.3 is 10.1 Å². The van der Waals surface area contributed by atoms with Gasteiger partial charge in [0.15, 0.2) is 0 Å². The maximum absolute atomic E-state index is 13.0. The minimum atomic E-state index is -4.35. The molecule has 1 atom stereocenters. The zero-order valence-corrected chi connectivity index (χ0v) is 14.1. The van der Waals surface area contributed by atoms with Crippen molar-refractivity contribution in [2.75, 3.05) is 13.6 Å². The molecule has 0 saturated heterocycles. The van der Waals surface area contributed by atoms with Gasteiger partial charge in [0.1, 0.15) is 11.9 Å². The van der Waals surface area contributed by atoms with E-state index in [4.69, 9.17) is 4.74 Å². The van der Waals surface area contributed by atoms with E-state index in [2.05, 4.69) is 5.32 Å². The fourth-order valence-electron chi connectivity index (χ4n) is 2.62. The van der Waals surface area contributed by atoms with E-state index in [0.717, 1.165) is 24.6 Å². The zero-order valence-electron chi connectivity index (χ0n) is 14.1. The third-order valence-electron chi connectivity index (χ3n) is 4.14. The molecule has 0 fully saturated rings. The summed E-state index contributed by atoms with van der Waals surface area (Å²) in [5.74, 6) is 0.491. The van der Waals surface area contributed by atoms with E-state index < -0.39 is 11.7 Å². The van der Waals surface area contributed by atoms with Crippen molar-refractivity contribution in [1.29, 1.82) is 0 Å². The molecule has 0 radical (unpaired) electrons. The van der Waals surface area contributed by atoms with Gasteiger partial charge in [0.2, 0.25) is 0 Å². The average molecular weight is 337 g/mol. The van der Waals surface area contributed by atoms with Crippen LogP contribution in [0.5, 0.6) is 5.75 Å². The maximum atomic E-state index is 13.0. The molecule has 2 aromatic carbocycles. The first-order valence-corrected chi connectivity index (χ1v) is 7.88. The Hall–Kier alpha value is -2.01. The lowest BCUT2D eigenvalue weighted by molar-refractivity contribution is -0.138. The summed E-state index contributed by atoms with van der Waals surface area (Å²) in [5.41, 5.74) is 1.12. The third-order valence-corrected chi connectivity index (χ3v) is 4.14. The predicted molar refractivity (Wildman–Crippen MR) is 89.3 cm³/mol. The van der Waals surface area contributed by atoms with Crippen LogP contribution in [0.1, 0.15) is 34.8 Å². The molecular formula is C19H22F3NO. The molecule has 0 aliphatic rings. The molecule has 0 spiro atoms. The first kappa shape index (κ1) is 18.3. The lowest BCUT2D eigenvalue weighted by Crippen LogP contribution is -2.17. The second-order valence-electron chi connectivity index (χ2n) is 5.77. The highest BCUT2D eigenvalue weighted by molar-refractivity contribution is 5.45. The number of hydrogen-bond donors (Lipinski definition) is 1. The van der Waals surface area contributed by atoms with Crippen molar-refractivity contribution in [2.24, 2.45) is 0 Å². The lowest BCUT2D eigenvalue weighted by Gasteiger charge is -2.22. The second-order valence-corrected chi connectivity index (χ2v) is 5.77. The van der Waals surface area contributed by atoms with E-state index >= 15 is 0 Å². The normalized spacial score (nSPS) is 12.9. The minimum Gasteiger partial charge on any atom is -0.485 e. The highest BCUT2D eigenvalue weighted by Gasteiger charge is 2.33. The van der Waals surface area contributed by atoms with Crippen molar-refractivity contribution >= 4 is 0 Å². The average Bonchev–Trinajstić information content (AvgIpc) is 2.55.